The third-order valence-electron chi connectivity index (χ3n) is 4.42. The molecule has 30 heavy (non-hydrogen) atoms. The van der Waals surface area contributed by atoms with Gasteiger partial charge >= 0.3 is 5.97 Å². The minimum Gasteiger partial charge on any atom is -0.452 e. The fourth-order valence-corrected chi connectivity index (χ4v) is 2.95. The highest BCUT2D eigenvalue weighted by atomic mass is 19.1. The van der Waals surface area contributed by atoms with E-state index < -0.39 is 23.6 Å². The fourth-order valence-electron chi connectivity index (χ4n) is 2.95. The standard InChI is InChI=1S/C21H14FN3O5/c1-2-9-25-19(26)15-8-5-13(10-16(15)20(25)27)21(28)29-11-17-23-18(24-30-17)12-3-6-14(22)7-4-12/h2-8,10H,1,9,11H2. The van der Waals surface area contributed by atoms with Gasteiger partial charge in [-0.2, -0.15) is 4.98 Å². The number of hydrogen-bond donors (Lipinski definition) is 0. The van der Waals surface area contributed by atoms with Crippen LogP contribution in [0, 0.1) is 5.82 Å². The first kappa shape index (κ1) is 19.2. The monoisotopic (exact) mass is 407 g/mol. The molecule has 0 fully saturated rings. The first-order chi connectivity index (χ1) is 14.5. The van der Waals surface area contributed by atoms with Crippen molar-refractivity contribution in [3.8, 4) is 11.4 Å². The van der Waals surface area contributed by atoms with E-state index in [2.05, 4.69) is 16.7 Å². The average Bonchev–Trinajstić information content (AvgIpc) is 3.32. The number of esters is 1. The zero-order valence-corrected chi connectivity index (χ0v) is 15.5. The minimum absolute atomic E-state index is 0.0484. The topological polar surface area (TPSA) is 103 Å². The van der Waals surface area contributed by atoms with Crippen LogP contribution in [0.25, 0.3) is 11.4 Å². The number of rotatable bonds is 6. The summed E-state index contributed by atoms with van der Waals surface area (Å²) in [5.41, 5.74) is 1.00. The SMILES string of the molecule is C=CCN1C(=O)c2ccc(C(=O)OCc3nc(-c4ccc(F)cc4)no3)cc2C1=O. The molecule has 150 valence electrons. The highest BCUT2D eigenvalue weighted by molar-refractivity contribution is 6.22. The number of nitrogens with zero attached hydrogens (tertiary/aromatic N) is 3. The van der Waals surface area contributed by atoms with Gasteiger partial charge in [0.05, 0.1) is 16.7 Å². The summed E-state index contributed by atoms with van der Waals surface area (Å²) < 4.78 is 23.2. The van der Waals surface area contributed by atoms with Crippen molar-refractivity contribution in [1.82, 2.24) is 15.0 Å². The Bertz CT molecular complexity index is 1170. The van der Waals surface area contributed by atoms with Crippen LogP contribution in [-0.2, 0) is 11.3 Å². The zero-order valence-electron chi connectivity index (χ0n) is 15.5. The number of aromatic nitrogens is 2. The summed E-state index contributed by atoms with van der Waals surface area (Å²) in [6.45, 7) is 3.31. The number of fused-ring (bicyclic) bond motifs is 1. The molecule has 0 N–H and O–H groups in total. The number of amides is 2. The molecule has 0 saturated carbocycles. The Balaban J connectivity index is 1.45. The van der Waals surface area contributed by atoms with Gasteiger partial charge in [0.25, 0.3) is 17.7 Å². The molecule has 0 atom stereocenters. The van der Waals surface area contributed by atoms with Crippen LogP contribution in [0.4, 0.5) is 4.39 Å². The Morgan fingerprint density at radius 2 is 1.87 bits per heavy atom. The van der Waals surface area contributed by atoms with Gasteiger partial charge in [0.15, 0.2) is 6.61 Å². The summed E-state index contributed by atoms with van der Waals surface area (Å²) in [6.07, 6.45) is 1.45. The fraction of sp³-hybridized carbons (Fsp3) is 0.0952. The summed E-state index contributed by atoms with van der Waals surface area (Å²) in [5.74, 6) is -1.77. The van der Waals surface area contributed by atoms with Gasteiger partial charge in [0.1, 0.15) is 5.82 Å². The number of ether oxygens (including phenoxy) is 1. The van der Waals surface area contributed by atoms with Crippen LogP contribution in [0.2, 0.25) is 0 Å². The molecule has 2 aromatic carbocycles. The van der Waals surface area contributed by atoms with Crippen LogP contribution in [0.3, 0.4) is 0 Å². The molecule has 1 aromatic heterocycles. The first-order valence-corrected chi connectivity index (χ1v) is 8.84. The van der Waals surface area contributed by atoms with Crippen LogP contribution in [0.5, 0.6) is 0 Å². The normalized spacial score (nSPS) is 12.8. The Hall–Kier alpha value is -4.14. The predicted molar refractivity (Wildman–Crippen MR) is 101 cm³/mol. The molecule has 8 nitrogen and oxygen atoms in total. The summed E-state index contributed by atoms with van der Waals surface area (Å²) in [4.78, 5) is 42.1. The van der Waals surface area contributed by atoms with Gasteiger partial charge < -0.3 is 9.26 Å². The molecule has 1 aliphatic heterocycles. The van der Waals surface area contributed by atoms with Crippen molar-refractivity contribution in [2.45, 2.75) is 6.61 Å². The lowest BCUT2D eigenvalue weighted by atomic mass is 10.1. The van der Waals surface area contributed by atoms with E-state index in [4.69, 9.17) is 9.26 Å². The van der Waals surface area contributed by atoms with Crippen molar-refractivity contribution < 1.29 is 28.0 Å². The Morgan fingerprint density at radius 1 is 1.13 bits per heavy atom. The van der Waals surface area contributed by atoms with Crippen molar-refractivity contribution in [1.29, 1.82) is 0 Å². The van der Waals surface area contributed by atoms with E-state index in [1.54, 1.807) is 0 Å². The highest BCUT2D eigenvalue weighted by Crippen LogP contribution is 2.24. The molecule has 2 heterocycles. The Morgan fingerprint density at radius 3 is 2.60 bits per heavy atom. The molecular formula is C21H14FN3O5. The van der Waals surface area contributed by atoms with E-state index in [0.29, 0.717) is 5.56 Å². The molecule has 9 heteroatoms. The number of carbonyl (C=O) groups is 3. The lowest BCUT2D eigenvalue weighted by Crippen LogP contribution is -2.29. The maximum absolute atomic E-state index is 13.0. The summed E-state index contributed by atoms with van der Waals surface area (Å²) in [6, 6.07) is 9.65. The highest BCUT2D eigenvalue weighted by Gasteiger charge is 2.35. The minimum atomic E-state index is -0.721. The van der Waals surface area contributed by atoms with Gasteiger partial charge in [-0.15, -0.1) is 6.58 Å². The van der Waals surface area contributed by atoms with E-state index in [0.717, 1.165) is 4.90 Å². The van der Waals surface area contributed by atoms with Crippen molar-refractivity contribution in [3.63, 3.8) is 0 Å². The van der Waals surface area contributed by atoms with Crippen LogP contribution >= 0.6 is 0 Å². The Kier molecular flexibility index (Phi) is 4.93. The molecule has 2 amide bonds. The van der Waals surface area contributed by atoms with Crippen LogP contribution in [0.1, 0.15) is 37.0 Å². The lowest BCUT2D eigenvalue weighted by Gasteiger charge is -2.09. The molecule has 0 radical (unpaired) electrons. The van der Waals surface area contributed by atoms with Gasteiger partial charge in [0, 0.05) is 12.1 Å². The second kappa shape index (κ2) is 7.70. The summed E-state index contributed by atoms with van der Waals surface area (Å²) >= 11 is 0. The van der Waals surface area contributed by atoms with Gasteiger partial charge in [-0.1, -0.05) is 11.2 Å². The summed E-state index contributed by atoms with van der Waals surface area (Å²) in [5, 5.41) is 3.76. The van der Waals surface area contributed by atoms with Crippen molar-refractivity contribution in [2.75, 3.05) is 6.54 Å². The second-order valence-electron chi connectivity index (χ2n) is 6.36. The van der Waals surface area contributed by atoms with E-state index in [1.807, 2.05) is 0 Å². The largest absolute Gasteiger partial charge is 0.452 e. The average molecular weight is 407 g/mol. The van der Waals surface area contributed by atoms with E-state index in [1.165, 1.54) is 48.5 Å². The lowest BCUT2D eigenvalue weighted by molar-refractivity contribution is 0.0429. The number of halogens is 1. The first-order valence-electron chi connectivity index (χ1n) is 8.84. The van der Waals surface area contributed by atoms with E-state index in [-0.39, 0.29) is 41.6 Å². The van der Waals surface area contributed by atoms with Gasteiger partial charge in [-0.25, -0.2) is 9.18 Å². The maximum atomic E-state index is 13.0. The van der Waals surface area contributed by atoms with Gasteiger partial charge in [-0.3, -0.25) is 14.5 Å². The molecule has 4 rings (SSSR count). The predicted octanol–water partition coefficient (Wildman–Crippen LogP) is 3.01. The van der Waals surface area contributed by atoms with Crippen LogP contribution in [0.15, 0.2) is 59.6 Å². The molecule has 3 aromatic rings. The second-order valence-corrected chi connectivity index (χ2v) is 6.36. The molecular weight excluding hydrogens is 393 g/mol. The smallest absolute Gasteiger partial charge is 0.338 e. The van der Waals surface area contributed by atoms with Crippen LogP contribution < -0.4 is 0 Å². The maximum Gasteiger partial charge on any atom is 0.338 e. The van der Waals surface area contributed by atoms with Crippen molar-refractivity contribution in [2.24, 2.45) is 0 Å². The summed E-state index contributed by atoms with van der Waals surface area (Å²) in [7, 11) is 0. The molecule has 0 spiro atoms. The zero-order chi connectivity index (χ0) is 21.3. The molecule has 0 saturated heterocycles. The number of imide groups is 1. The van der Waals surface area contributed by atoms with E-state index >= 15 is 0 Å². The van der Waals surface area contributed by atoms with Crippen molar-refractivity contribution >= 4 is 17.8 Å². The van der Waals surface area contributed by atoms with Gasteiger partial charge in [0.2, 0.25) is 5.82 Å². The van der Waals surface area contributed by atoms with Crippen LogP contribution in [-0.4, -0.2) is 39.4 Å². The van der Waals surface area contributed by atoms with Crippen molar-refractivity contribution in [3.05, 3.63) is 83.5 Å². The molecule has 0 bridgehead atoms. The van der Waals surface area contributed by atoms with E-state index in [9.17, 15) is 18.8 Å². The number of carbonyl (C=O) groups excluding carboxylic acids is 3. The molecule has 0 unspecified atom stereocenters. The number of benzene rings is 2. The van der Waals surface area contributed by atoms with Gasteiger partial charge in [-0.05, 0) is 42.5 Å². The molecule has 1 aliphatic rings. The molecule has 0 aliphatic carbocycles. The third kappa shape index (κ3) is 3.48. The number of hydrogen-bond acceptors (Lipinski definition) is 7. The third-order valence-corrected chi connectivity index (χ3v) is 4.42. The quantitative estimate of drug-likeness (QED) is 0.352. The Labute approximate surface area is 169 Å².